The first-order valence-electron chi connectivity index (χ1n) is 11.2. The zero-order valence-electron chi connectivity index (χ0n) is 17.9. The third-order valence-electron chi connectivity index (χ3n) is 5.96. The van der Waals surface area contributed by atoms with Gasteiger partial charge in [-0.1, -0.05) is 42.5 Å². The fourth-order valence-electron chi connectivity index (χ4n) is 4.23. The number of para-hydroxylation sites is 1. The van der Waals surface area contributed by atoms with Crippen LogP contribution in [-0.4, -0.2) is 58.4 Å². The van der Waals surface area contributed by atoms with Gasteiger partial charge in [0.25, 0.3) is 5.56 Å². The lowest BCUT2D eigenvalue weighted by molar-refractivity contribution is -0.131. The number of rotatable bonds is 7. The summed E-state index contributed by atoms with van der Waals surface area (Å²) in [6.07, 6.45) is 4.06. The zero-order chi connectivity index (χ0) is 21.5. The molecule has 0 spiro atoms. The largest absolute Gasteiger partial charge is 0.341 e. The van der Waals surface area contributed by atoms with Crippen LogP contribution in [-0.2, 0) is 17.6 Å². The molecule has 1 amide bonds. The molecule has 3 aromatic rings. The molecule has 4 rings (SSSR count). The summed E-state index contributed by atoms with van der Waals surface area (Å²) in [5.74, 6) is 0.719. The molecular formula is C25H30N4O2. The highest BCUT2D eigenvalue weighted by Gasteiger charge is 2.19. The number of aryl methyl sites for hydroxylation is 2. The number of benzene rings is 2. The summed E-state index contributed by atoms with van der Waals surface area (Å²) in [5.41, 5.74) is 1.91. The number of carbonyl (C=O) groups excluding carboxylic acids is 1. The van der Waals surface area contributed by atoms with E-state index >= 15 is 0 Å². The molecule has 1 aromatic heterocycles. The van der Waals surface area contributed by atoms with Crippen molar-refractivity contribution in [2.45, 2.75) is 32.1 Å². The lowest BCUT2D eigenvalue weighted by Crippen LogP contribution is -2.35. The molecule has 2 aromatic carbocycles. The molecule has 2 heterocycles. The second-order valence-electron chi connectivity index (χ2n) is 8.19. The Morgan fingerprint density at radius 3 is 2.61 bits per heavy atom. The van der Waals surface area contributed by atoms with Crippen LogP contribution < -0.4 is 5.56 Å². The fraction of sp³-hybridized carbons (Fsp3) is 0.400. The third-order valence-corrected chi connectivity index (χ3v) is 5.96. The normalized spacial score (nSPS) is 15.2. The van der Waals surface area contributed by atoms with Gasteiger partial charge in [0.2, 0.25) is 5.91 Å². The Bertz CT molecular complexity index is 1060. The van der Waals surface area contributed by atoms with Gasteiger partial charge in [0, 0.05) is 32.5 Å². The Kier molecular flexibility index (Phi) is 7.10. The molecule has 0 atom stereocenters. The van der Waals surface area contributed by atoms with Crippen LogP contribution in [0.25, 0.3) is 10.9 Å². The first-order chi connectivity index (χ1) is 15.2. The van der Waals surface area contributed by atoms with Crippen LogP contribution in [0.3, 0.4) is 0 Å². The highest BCUT2D eigenvalue weighted by atomic mass is 16.2. The van der Waals surface area contributed by atoms with Crippen molar-refractivity contribution in [1.29, 1.82) is 0 Å². The molecule has 162 valence electrons. The Labute approximate surface area is 182 Å². The highest BCUT2D eigenvalue weighted by Crippen LogP contribution is 2.10. The van der Waals surface area contributed by atoms with Crippen LogP contribution in [0, 0.1) is 0 Å². The maximum atomic E-state index is 12.8. The maximum absolute atomic E-state index is 12.8. The van der Waals surface area contributed by atoms with Gasteiger partial charge in [-0.25, -0.2) is 4.98 Å². The maximum Gasteiger partial charge on any atom is 0.258 e. The number of hydrogen-bond acceptors (Lipinski definition) is 4. The minimum Gasteiger partial charge on any atom is -0.341 e. The molecule has 6 heteroatoms. The monoisotopic (exact) mass is 418 g/mol. The lowest BCUT2D eigenvalue weighted by atomic mass is 10.1. The van der Waals surface area contributed by atoms with Gasteiger partial charge in [-0.05, 0) is 50.0 Å². The number of aromatic nitrogens is 2. The average Bonchev–Trinajstić information content (AvgIpc) is 3.04. The Hall–Kier alpha value is -2.99. The van der Waals surface area contributed by atoms with Crippen molar-refractivity contribution >= 4 is 16.8 Å². The van der Waals surface area contributed by atoms with Crippen LogP contribution in [0.15, 0.2) is 59.4 Å². The molecule has 0 aliphatic carbocycles. The predicted molar refractivity (Wildman–Crippen MR) is 123 cm³/mol. The molecular weight excluding hydrogens is 388 g/mol. The number of aromatic amines is 1. The van der Waals surface area contributed by atoms with E-state index in [-0.39, 0.29) is 11.5 Å². The van der Waals surface area contributed by atoms with Gasteiger partial charge in [-0.2, -0.15) is 0 Å². The molecule has 0 radical (unpaired) electrons. The zero-order valence-corrected chi connectivity index (χ0v) is 17.9. The summed E-state index contributed by atoms with van der Waals surface area (Å²) in [6.45, 7) is 4.60. The van der Waals surface area contributed by atoms with Crippen molar-refractivity contribution in [3.05, 3.63) is 76.3 Å². The van der Waals surface area contributed by atoms with Gasteiger partial charge in [-0.3, -0.25) is 9.59 Å². The second kappa shape index (κ2) is 10.4. The van der Waals surface area contributed by atoms with Crippen molar-refractivity contribution in [3.63, 3.8) is 0 Å². The molecule has 6 nitrogen and oxygen atoms in total. The van der Waals surface area contributed by atoms with E-state index in [9.17, 15) is 9.59 Å². The van der Waals surface area contributed by atoms with E-state index in [0.29, 0.717) is 29.6 Å². The van der Waals surface area contributed by atoms with Crippen LogP contribution >= 0.6 is 0 Å². The molecule has 0 unspecified atom stereocenters. The minimum atomic E-state index is -0.144. The summed E-state index contributed by atoms with van der Waals surface area (Å²) in [6, 6.07) is 17.9. The van der Waals surface area contributed by atoms with Crippen LogP contribution in [0.5, 0.6) is 0 Å². The van der Waals surface area contributed by atoms with Crippen molar-refractivity contribution < 1.29 is 4.79 Å². The summed E-state index contributed by atoms with van der Waals surface area (Å²) < 4.78 is 0. The second-order valence-corrected chi connectivity index (χ2v) is 8.19. The molecule has 1 aliphatic heterocycles. The van der Waals surface area contributed by atoms with Gasteiger partial charge >= 0.3 is 0 Å². The Morgan fingerprint density at radius 2 is 1.74 bits per heavy atom. The molecule has 0 saturated carbocycles. The topological polar surface area (TPSA) is 69.3 Å². The SMILES string of the molecule is O=C(CCc1nc2ccccc2c(=O)[nH]1)N1CCCN(CCCc2ccccc2)CC1. The van der Waals surface area contributed by atoms with E-state index in [1.54, 1.807) is 6.07 Å². The third kappa shape index (κ3) is 5.79. The summed E-state index contributed by atoms with van der Waals surface area (Å²) in [5, 5.41) is 0.581. The van der Waals surface area contributed by atoms with Gasteiger partial charge in [0.05, 0.1) is 10.9 Å². The van der Waals surface area contributed by atoms with E-state index in [4.69, 9.17) is 0 Å². The summed E-state index contributed by atoms with van der Waals surface area (Å²) in [4.78, 5) is 36.7. The number of amides is 1. The Morgan fingerprint density at radius 1 is 0.935 bits per heavy atom. The van der Waals surface area contributed by atoms with Gasteiger partial charge in [-0.15, -0.1) is 0 Å². The smallest absolute Gasteiger partial charge is 0.258 e. The predicted octanol–water partition coefficient (Wildman–Crippen LogP) is 3.02. The standard InChI is InChI=1S/C25H30N4O2/c30-24(14-13-23-26-22-12-5-4-11-21(22)25(31)27-23)29-17-7-16-28(18-19-29)15-6-10-20-8-2-1-3-9-20/h1-5,8-9,11-12H,6-7,10,13-19H2,(H,26,27,31). The van der Waals surface area contributed by atoms with Crippen molar-refractivity contribution in [2.24, 2.45) is 0 Å². The first-order valence-corrected chi connectivity index (χ1v) is 11.2. The number of H-pyrrole nitrogens is 1. The summed E-state index contributed by atoms with van der Waals surface area (Å²) >= 11 is 0. The van der Waals surface area contributed by atoms with E-state index in [0.717, 1.165) is 52.0 Å². The van der Waals surface area contributed by atoms with Gasteiger partial charge in [0.1, 0.15) is 5.82 Å². The van der Waals surface area contributed by atoms with E-state index in [2.05, 4.69) is 45.2 Å². The fourth-order valence-corrected chi connectivity index (χ4v) is 4.23. The van der Waals surface area contributed by atoms with Crippen molar-refractivity contribution in [1.82, 2.24) is 19.8 Å². The number of fused-ring (bicyclic) bond motifs is 1. The molecule has 1 aliphatic rings. The minimum absolute atomic E-state index is 0.141. The van der Waals surface area contributed by atoms with Crippen LogP contribution in [0.4, 0.5) is 0 Å². The van der Waals surface area contributed by atoms with Gasteiger partial charge in [0.15, 0.2) is 0 Å². The molecule has 0 bridgehead atoms. The van der Waals surface area contributed by atoms with Crippen LogP contribution in [0.1, 0.15) is 30.7 Å². The number of hydrogen-bond donors (Lipinski definition) is 1. The van der Waals surface area contributed by atoms with E-state index in [1.807, 2.05) is 23.1 Å². The van der Waals surface area contributed by atoms with E-state index < -0.39 is 0 Å². The lowest BCUT2D eigenvalue weighted by Gasteiger charge is -2.22. The van der Waals surface area contributed by atoms with Crippen molar-refractivity contribution in [2.75, 3.05) is 32.7 Å². The van der Waals surface area contributed by atoms with E-state index in [1.165, 1.54) is 5.56 Å². The number of nitrogens with zero attached hydrogens (tertiary/aromatic N) is 3. The average molecular weight is 419 g/mol. The molecule has 1 fully saturated rings. The molecule has 1 saturated heterocycles. The van der Waals surface area contributed by atoms with Gasteiger partial charge < -0.3 is 14.8 Å². The van der Waals surface area contributed by atoms with Crippen molar-refractivity contribution in [3.8, 4) is 0 Å². The molecule has 1 N–H and O–H groups in total. The molecule has 31 heavy (non-hydrogen) atoms. The number of nitrogens with one attached hydrogen (secondary N) is 1. The summed E-state index contributed by atoms with van der Waals surface area (Å²) in [7, 11) is 0. The quantitative estimate of drug-likeness (QED) is 0.640. The first kappa shape index (κ1) is 21.2. The number of carbonyl (C=O) groups is 1. The Balaban J connectivity index is 1.24. The highest BCUT2D eigenvalue weighted by molar-refractivity contribution is 5.78. The van der Waals surface area contributed by atoms with Crippen LogP contribution in [0.2, 0.25) is 0 Å².